The van der Waals surface area contributed by atoms with Gasteiger partial charge in [0.2, 0.25) is 0 Å². The fraction of sp³-hybridized carbons (Fsp3) is 0.545. The summed E-state index contributed by atoms with van der Waals surface area (Å²) < 4.78 is 38.5. The van der Waals surface area contributed by atoms with Gasteiger partial charge in [0, 0.05) is 18.2 Å². The SMILES string of the molecule is CCN(CC(F)F)C1=N[N+](C)=C(Oc2cc(C#N)ccc2CCNC(=O)OC(C)(C)C)C1. The van der Waals surface area contributed by atoms with Gasteiger partial charge in [-0.05, 0) is 51.8 Å². The lowest BCUT2D eigenvalue weighted by Crippen LogP contribution is -2.35. The number of nitriles is 1. The molecule has 0 saturated carbocycles. The molecule has 0 saturated heterocycles. The van der Waals surface area contributed by atoms with E-state index < -0.39 is 24.7 Å². The van der Waals surface area contributed by atoms with E-state index in [0.29, 0.717) is 42.6 Å². The van der Waals surface area contributed by atoms with Gasteiger partial charge < -0.3 is 19.7 Å². The summed E-state index contributed by atoms with van der Waals surface area (Å²) in [6.07, 6.45) is -2.29. The van der Waals surface area contributed by atoms with Crippen LogP contribution in [0.25, 0.3) is 0 Å². The molecule has 8 nitrogen and oxygen atoms in total. The molecule has 0 aliphatic carbocycles. The number of benzene rings is 1. The zero-order valence-electron chi connectivity index (χ0n) is 19.1. The first-order chi connectivity index (χ1) is 15.0. The summed E-state index contributed by atoms with van der Waals surface area (Å²) in [5, 5.41) is 16.3. The summed E-state index contributed by atoms with van der Waals surface area (Å²) in [6.45, 7) is 7.44. The van der Waals surface area contributed by atoms with Gasteiger partial charge >= 0.3 is 12.0 Å². The summed E-state index contributed by atoms with van der Waals surface area (Å²) >= 11 is 0. The number of nitrogens with zero attached hydrogens (tertiary/aromatic N) is 4. The molecule has 1 N–H and O–H groups in total. The minimum atomic E-state index is -2.47. The van der Waals surface area contributed by atoms with E-state index in [1.165, 1.54) is 9.58 Å². The molecule has 0 fully saturated rings. The predicted octanol–water partition coefficient (Wildman–Crippen LogP) is 3.35. The highest BCUT2D eigenvalue weighted by molar-refractivity contribution is 6.00. The second kappa shape index (κ2) is 10.9. The molecule has 10 heteroatoms. The lowest BCUT2D eigenvalue weighted by atomic mass is 10.1. The van der Waals surface area contributed by atoms with Crippen LogP contribution in [0, 0.1) is 11.3 Å². The number of carbonyl (C=O) groups excluding carboxylic acids is 1. The first kappa shape index (κ1) is 25.0. The second-order valence-corrected chi connectivity index (χ2v) is 8.26. The van der Waals surface area contributed by atoms with Crippen molar-refractivity contribution in [2.45, 2.75) is 52.6 Å². The topological polar surface area (TPSA) is 90.0 Å². The molecule has 0 bridgehead atoms. The molecule has 2 rings (SSSR count). The van der Waals surface area contributed by atoms with Crippen LogP contribution < -0.4 is 10.1 Å². The number of amidine groups is 1. The maximum Gasteiger partial charge on any atom is 0.407 e. The van der Waals surface area contributed by atoms with E-state index in [4.69, 9.17) is 9.47 Å². The number of halogens is 2. The van der Waals surface area contributed by atoms with E-state index in [2.05, 4.69) is 16.5 Å². The molecule has 0 radical (unpaired) electrons. The molecule has 1 aromatic carbocycles. The Balaban J connectivity index is 2.09. The molecule has 0 atom stereocenters. The first-order valence-corrected chi connectivity index (χ1v) is 10.4. The third-order valence-electron chi connectivity index (χ3n) is 4.53. The average molecular weight is 451 g/mol. The van der Waals surface area contributed by atoms with Gasteiger partial charge in [-0.3, -0.25) is 0 Å². The van der Waals surface area contributed by atoms with Crippen LogP contribution in [-0.4, -0.2) is 66.1 Å². The lowest BCUT2D eigenvalue weighted by Gasteiger charge is -2.20. The molecule has 1 amide bonds. The van der Waals surface area contributed by atoms with Gasteiger partial charge in [-0.15, -0.1) is 0 Å². The van der Waals surface area contributed by atoms with E-state index >= 15 is 0 Å². The molecule has 1 heterocycles. The van der Waals surface area contributed by atoms with E-state index in [9.17, 15) is 18.8 Å². The van der Waals surface area contributed by atoms with Crippen LogP contribution >= 0.6 is 0 Å². The summed E-state index contributed by atoms with van der Waals surface area (Å²) in [4.78, 5) is 13.4. The van der Waals surface area contributed by atoms with Crippen molar-refractivity contribution in [3.63, 3.8) is 0 Å². The number of alkyl carbamates (subject to hydrolysis) is 1. The third-order valence-corrected chi connectivity index (χ3v) is 4.53. The van der Waals surface area contributed by atoms with E-state index in [1.807, 2.05) is 0 Å². The van der Waals surface area contributed by atoms with Crippen molar-refractivity contribution in [1.82, 2.24) is 10.2 Å². The Hall–Kier alpha value is -3.22. The van der Waals surface area contributed by atoms with Gasteiger partial charge in [0.15, 0.2) is 12.9 Å². The Morgan fingerprint density at radius 3 is 2.72 bits per heavy atom. The van der Waals surface area contributed by atoms with E-state index in [-0.39, 0.29) is 6.42 Å². The average Bonchev–Trinajstić information content (AvgIpc) is 3.05. The van der Waals surface area contributed by atoms with Crippen molar-refractivity contribution in [3.05, 3.63) is 29.3 Å². The summed E-state index contributed by atoms with van der Waals surface area (Å²) in [5.74, 6) is 1.41. The molecule has 1 aliphatic heterocycles. The molecular weight excluding hydrogens is 420 g/mol. The minimum absolute atomic E-state index is 0.253. The zero-order chi connectivity index (χ0) is 23.9. The van der Waals surface area contributed by atoms with Gasteiger partial charge in [-0.2, -0.15) is 5.26 Å². The Labute approximate surface area is 187 Å². The van der Waals surface area contributed by atoms with E-state index in [0.717, 1.165) is 5.56 Å². The molecule has 32 heavy (non-hydrogen) atoms. The van der Waals surface area contributed by atoms with Gasteiger partial charge in [-0.1, -0.05) is 10.8 Å². The van der Waals surface area contributed by atoms with Gasteiger partial charge in [0.25, 0.3) is 6.43 Å². The van der Waals surface area contributed by atoms with Crippen molar-refractivity contribution in [2.24, 2.45) is 5.10 Å². The molecule has 0 unspecified atom stereocenters. The number of nitrogens with one attached hydrogen (secondary N) is 1. The minimum Gasteiger partial charge on any atom is -0.444 e. The molecule has 0 aromatic heterocycles. The summed E-state index contributed by atoms with van der Waals surface area (Å²) in [5.41, 5.74) is 0.596. The number of carbonyl (C=O) groups is 1. The standard InChI is InChI=1S/C22H29F2N5O3/c1-6-29(14-18(23)24)19-12-20(28(5)27-19)31-17-11-15(13-25)7-8-16(17)9-10-26-21(30)32-22(2,3)4/h7-8,11,18H,6,9-10,12,14H2,1-5H3/p+1. The highest BCUT2D eigenvalue weighted by atomic mass is 19.3. The van der Waals surface area contributed by atoms with Gasteiger partial charge in [-0.25, -0.2) is 13.6 Å². The zero-order valence-corrected chi connectivity index (χ0v) is 19.1. The Kier molecular flexibility index (Phi) is 8.52. The number of hydrogen-bond donors (Lipinski definition) is 1. The second-order valence-electron chi connectivity index (χ2n) is 8.26. The van der Waals surface area contributed by atoms with Crippen molar-refractivity contribution in [3.8, 4) is 11.8 Å². The summed E-state index contributed by atoms with van der Waals surface area (Å²) in [6, 6.07) is 7.11. The van der Waals surface area contributed by atoms with Crippen LogP contribution in [0.2, 0.25) is 0 Å². The fourth-order valence-electron chi connectivity index (χ4n) is 3.04. The lowest BCUT2D eigenvalue weighted by molar-refractivity contribution is -0.506. The number of alkyl halides is 2. The summed E-state index contributed by atoms with van der Waals surface area (Å²) in [7, 11) is 1.68. The number of amides is 1. The molecular formula is C22H30F2N5O3+. The monoisotopic (exact) mass is 450 g/mol. The number of rotatable bonds is 7. The van der Waals surface area contributed by atoms with Crippen molar-refractivity contribution in [1.29, 1.82) is 5.26 Å². The van der Waals surface area contributed by atoms with Crippen LogP contribution in [0.1, 0.15) is 45.2 Å². The largest absolute Gasteiger partial charge is 0.444 e. The smallest absolute Gasteiger partial charge is 0.407 e. The normalized spacial score (nSPS) is 13.7. The van der Waals surface area contributed by atoms with Gasteiger partial charge in [0.05, 0.1) is 18.2 Å². The quantitative estimate of drug-likeness (QED) is 0.644. The number of hydrazone groups is 1. The van der Waals surface area contributed by atoms with Crippen molar-refractivity contribution in [2.75, 3.05) is 26.7 Å². The van der Waals surface area contributed by atoms with E-state index in [1.54, 1.807) is 52.9 Å². The predicted molar refractivity (Wildman–Crippen MR) is 116 cm³/mol. The van der Waals surface area contributed by atoms with Crippen molar-refractivity contribution >= 4 is 17.8 Å². The maximum atomic E-state index is 12.9. The van der Waals surface area contributed by atoms with Crippen LogP contribution in [-0.2, 0) is 11.2 Å². The van der Waals surface area contributed by atoms with Crippen LogP contribution in [0.15, 0.2) is 23.3 Å². The fourth-order valence-corrected chi connectivity index (χ4v) is 3.04. The van der Waals surface area contributed by atoms with Crippen LogP contribution in [0.5, 0.6) is 5.75 Å². The van der Waals surface area contributed by atoms with Crippen molar-refractivity contribution < 1.29 is 27.7 Å². The highest BCUT2D eigenvalue weighted by Gasteiger charge is 2.31. The molecule has 1 aliphatic rings. The Bertz CT molecular complexity index is 932. The number of hydrogen-bond acceptors (Lipinski definition) is 6. The Morgan fingerprint density at radius 2 is 2.12 bits per heavy atom. The van der Waals surface area contributed by atoms with Gasteiger partial charge in [0.1, 0.15) is 17.8 Å². The maximum absolute atomic E-state index is 12.9. The van der Waals surface area contributed by atoms with Crippen LogP contribution in [0.4, 0.5) is 13.6 Å². The first-order valence-electron chi connectivity index (χ1n) is 10.4. The molecule has 0 spiro atoms. The van der Waals surface area contributed by atoms with Crippen LogP contribution in [0.3, 0.4) is 0 Å². The molecule has 174 valence electrons. The third kappa shape index (κ3) is 7.48. The number of ether oxygens (including phenoxy) is 2. The Morgan fingerprint density at radius 1 is 1.41 bits per heavy atom. The highest BCUT2D eigenvalue weighted by Crippen LogP contribution is 2.23. The molecule has 1 aromatic rings.